The minimum Gasteiger partial charge on any atom is -0.426 e. The van der Waals surface area contributed by atoms with Crippen molar-refractivity contribution in [2.45, 2.75) is 23.5 Å². The van der Waals surface area contributed by atoms with Gasteiger partial charge in [0, 0.05) is 4.90 Å². The average molecular weight is 298 g/mol. The van der Waals surface area contributed by atoms with E-state index in [9.17, 15) is 4.79 Å². The van der Waals surface area contributed by atoms with Crippen molar-refractivity contribution in [3.63, 3.8) is 0 Å². The van der Waals surface area contributed by atoms with E-state index in [-0.39, 0.29) is 5.76 Å². The van der Waals surface area contributed by atoms with Gasteiger partial charge in [0.05, 0.1) is 10.7 Å². The second kappa shape index (κ2) is 6.17. The highest BCUT2D eigenvalue weighted by Gasteiger charge is 2.32. The Morgan fingerprint density at radius 2 is 2.16 bits per heavy atom. The lowest BCUT2D eigenvalue weighted by molar-refractivity contribution is -0.140. The zero-order chi connectivity index (χ0) is 14.6. The molecule has 0 atom stereocenters. The van der Waals surface area contributed by atoms with E-state index < -0.39 is 10.7 Å². The number of hydrogen-bond acceptors (Lipinski definition) is 4. The van der Waals surface area contributed by atoms with E-state index in [4.69, 9.17) is 22.1 Å². The molecule has 0 radical (unpaired) electrons. The normalized spacial score (nSPS) is 10.9. The van der Waals surface area contributed by atoms with Crippen LogP contribution in [-0.2, 0) is 9.53 Å². The molecule has 1 rings (SSSR count). The molecule has 0 heterocycles. The molecule has 0 aliphatic carbocycles. The molecule has 0 spiro atoms. The predicted molar refractivity (Wildman–Crippen MR) is 81.2 cm³/mol. The summed E-state index contributed by atoms with van der Waals surface area (Å²) >= 11 is 7.23. The third-order valence-electron chi connectivity index (χ3n) is 2.32. The van der Waals surface area contributed by atoms with Crippen molar-refractivity contribution in [2.24, 2.45) is 0 Å². The highest BCUT2D eigenvalue weighted by molar-refractivity contribution is 8.01. The number of ether oxygens (including phenoxy) is 1. The maximum absolute atomic E-state index is 12.0. The molecule has 0 aliphatic rings. The van der Waals surface area contributed by atoms with Crippen LogP contribution >= 0.6 is 23.4 Å². The van der Waals surface area contributed by atoms with Crippen LogP contribution in [0.4, 0.5) is 5.69 Å². The fourth-order valence-electron chi connectivity index (χ4n) is 1.21. The summed E-state index contributed by atoms with van der Waals surface area (Å²) in [5.41, 5.74) is 6.33. The molecule has 0 aliphatic heterocycles. The van der Waals surface area contributed by atoms with Gasteiger partial charge in [-0.05, 0) is 32.1 Å². The maximum Gasteiger partial charge on any atom is 0.327 e. The van der Waals surface area contributed by atoms with Crippen molar-refractivity contribution in [2.75, 3.05) is 5.73 Å². The average Bonchev–Trinajstić information content (AvgIpc) is 2.34. The monoisotopic (exact) mass is 297 g/mol. The summed E-state index contributed by atoms with van der Waals surface area (Å²) in [5, 5.41) is 0.463. The Morgan fingerprint density at radius 1 is 1.53 bits per heavy atom. The van der Waals surface area contributed by atoms with Crippen molar-refractivity contribution >= 4 is 35.0 Å². The first-order valence-corrected chi connectivity index (χ1v) is 6.74. The van der Waals surface area contributed by atoms with Crippen LogP contribution < -0.4 is 5.73 Å². The smallest absolute Gasteiger partial charge is 0.327 e. The first-order chi connectivity index (χ1) is 8.77. The van der Waals surface area contributed by atoms with E-state index in [1.165, 1.54) is 17.8 Å². The fourth-order valence-corrected chi connectivity index (χ4v) is 2.48. The molecule has 5 heteroatoms. The van der Waals surface area contributed by atoms with Crippen LogP contribution in [0.15, 0.2) is 48.1 Å². The molecular weight excluding hydrogens is 282 g/mol. The largest absolute Gasteiger partial charge is 0.426 e. The molecule has 0 amide bonds. The van der Waals surface area contributed by atoms with Crippen molar-refractivity contribution in [1.82, 2.24) is 0 Å². The van der Waals surface area contributed by atoms with E-state index in [1.54, 1.807) is 26.0 Å². The summed E-state index contributed by atoms with van der Waals surface area (Å²) in [6.45, 7) is 10.5. The summed E-state index contributed by atoms with van der Waals surface area (Å²) in [5.74, 6) is -0.195. The second-order valence-corrected chi connectivity index (χ2v) is 6.40. The summed E-state index contributed by atoms with van der Waals surface area (Å²) in [6.07, 6.45) is 1.38. The minimum absolute atomic E-state index is 0.220. The van der Waals surface area contributed by atoms with Crippen LogP contribution in [0.2, 0.25) is 5.02 Å². The lowest BCUT2D eigenvalue weighted by Crippen LogP contribution is -2.29. The number of halogens is 1. The van der Waals surface area contributed by atoms with Gasteiger partial charge in [0.2, 0.25) is 0 Å². The van der Waals surface area contributed by atoms with Crippen molar-refractivity contribution < 1.29 is 9.53 Å². The molecule has 2 N–H and O–H groups in total. The number of carbonyl (C=O) groups is 1. The van der Waals surface area contributed by atoms with Gasteiger partial charge in [0.15, 0.2) is 0 Å². The zero-order valence-electron chi connectivity index (χ0n) is 10.9. The first-order valence-electron chi connectivity index (χ1n) is 5.54. The molecule has 19 heavy (non-hydrogen) atoms. The molecule has 0 saturated heterocycles. The Labute approximate surface area is 122 Å². The second-order valence-electron chi connectivity index (χ2n) is 4.32. The van der Waals surface area contributed by atoms with Crippen LogP contribution in [0.3, 0.4) is 0 Å². The molecule has 1 aromatic rings. The van der Waals surface area contributed by atoms with Gasteiger partial charge in [-0.15, -0.1) is 11.8 Å². The molecule has 102 valence electrons. The SMILES string of the molecule is C=CC(=C)OC(=O)C(C)(C)Sc1cccc(Cl)c1N. The lowest BCUT2D eigenvalue weighted by Gasteiger charge is -2.22. The van der Waals surface area contributed by atoms with Crippen LogP contribution in [0.5, 0.6) is 0 Å². The van der Waals surface area contributed by atoms with Crippen LogP contribution in [0.1, 0.15) is 13.8 Å². The zero-order valence-corrected chi connectivity index (χ0v) is 12.5. The quantitative estimate of drug-likeness (QED) is 0.293. The number of anilines is 1. The van der Waals surface area contributed by atoms with Crippen molar-refractivity contribution in [3.8, 4) is 0 Å². The van der Waals surface area contributed by atoms with Gasteiger partial charge >= 0.3 is 5.97 Å². The summed E-state index contributed by atoms with van der Waals surface area (Å²) in [7, 11) is 0. The Hall–Kier alpha value is -1.39. The van der Waals surface area contributed by atoms with Crippen LogP contribution in [0, 0.1) is 0 Å². The highest BCUT2D eigenvalue weighted by Crippen LogP contribution is 2.39. The number of allylic oxidation sites excluding steroid dienone is 1. The van der Waals surface area contributed by atoms with Gasteiger partial charge in [0.1, 0.15) is 10.5 Å². The van der Waals surface area contributed by atoms with Crippen molar-refractivity contribution in [1.29, 1.82) is 0 Å². The van der Waals surface area contributed by atoms with Gasteiger partial charge < -0.3 is 10.5 Å². The van der Waals surface area contributed by atoms with E-state index in [0.717, 1.165) is 4.90 Å². The van der Waals surface area contributed by atoms with Gasteiger partial charge in [-0.3, -0.25) is 4.79 Å². The standard InChI is InChI=1S/C14H16ClNO2S/c1-5-9(2)18-13(17)14(3,4)19-11-8-6-7-10(15)12(11)16/h5-8H,1-2,16H2,3-4H3. The highest BCUT2D eigenvalue weighted by atomic mass is 35.5. The fraction of sp³-hybridized carbons (Fsp3) is 0.214. The van der Waals surface area contributed by atoms with E-state index >= 15 is 0 Å². The Kier molecular flexibility index (Phi) is 5.09. The van der Waals surface area contributed by atoms with E-state index in [1.807, 2.05) is 6.07 Å². The molecule has 0 unspecified atom stereocenters. The number of para-hydroxylation sites is 1. The lowest BCUT2D eigenvalue weighted by atomic mass is 10.2. The van der Waals surface area contributed by atoms with Crippen LogP contribution in [0.25, 0.3) is 0 Å². The minimum atomic E-state index is -0.815. The van der Waals surface area contributed by atoms with Gasteiger partial charge in [-0.25, -0.2) is 0 Å². The number of nitrogens with two attached hydrogens (primary N) is 1. The molecule has 3 nitrogen and oxygen atoms in total. The van der Waals surface area contributed by atoms with Gasteiger partial charge in [-0.1, -0.05) is 30.8 Å². The Bertz CT molecular complexity index is 526. The molecule has 0 saturated carbocycles. The van der Waals surface area contributed by atoms with Crippen LogP contribution in [-0.4, -0.2) is 10.7 Å². The molecule has 0 fully saturated rings. The number of hydrogen-bond donors (Lipinski definition) is 1. The first kappa shape index (κ1) is 15.7. The van der Waals surface area contributed by atoms with Crippen molar-refractivity contribution in [3.05, 3.63) is 48.2 Å². The topological polar surface area (TPSA) is 52.3 Å². The van der Waals surface area contributed by atoms with Gasteiger partial charge in [0.25, 0.3) is 0 Å². The van der Waals surface area contributed by atoms with Gasteiger partial charge in [-0.2, -0.15) is 0 Å². The molecule has 0 aromatic heterocycles. The maximum atomic E-state index is 12.0. The number of carbonyl (C=O) groups excluding carboxylic acids is 1. The summed E-state index contributed by atoms with van der Waals surface area (Å²) in [6, 6.07) is 5.29. The number of thioether (sulfide) groups is 1. The Morgan fingerprint density at radius 3 is 2.74 bits per heavy atom. The van der Waals surface area contributed by atoms with E-state index in [2.05, 4.69) is 13.2 Å². The third kappa shape index (κ3) is 4.04. The van der Waals surface area contributed by atoms with E-state index in [0.29, 0.717) is 10.7 Å². The number of nitrogen functional groups attached to an aromatic ring is 1. The molecule has 0 bridgehead atoms. The number of esters is 1. The summed E-state index contributed by atoms with van der Waals surface area (Å²) in [4.78, 5) is 12.7. The number of benzene rings is 1. The summed E-state index contributed by atoms with van der Waals surface area (Å²) < 4.78 is 4.25. The number of rotatable bonds is 5. The Balaban J connectivity index is 2.90. The predicted octanol–water partition coefficient (Wildman–Crippen LogP) is 4.04. The third-order valence-corrected chi connectivity index (χ3v) is 3.90. The molecule has 1 aromatic carbocycles. The molecular formula is C14H16ClNO2S.